The molecule has 29 heavy (non-hydrogen) atoms. The topological polar surface area (TPSA) is 109 Å². The van der Waals surface area contributed by atoms with Crippen molar-refractivity contribution in [3.05, 3.63) is 70.7 Å². The van der Waals surface area contributed by atoms with Gasteiger partial charge in [-0.15, -0.1) is 0 Å². The van der Waals surface area contributed by atoms with Crippen molar-refractivity contribution >= 4 is 11.8 Å². The Morgan fingerprint density at radius 2 is 2.00 bits per heavy atom. The number of aromatic nitrogens is 2. The molecule has 1 aliphatic heterocycles. The van der Waals surface area contributed by atoms with Crippen LogP contribution in [-0.2, 0) is 24.2 Å². The first-order chi connectivity index (χ1) is 14.1. The third-order valence-electron chi connectivity index (χ3n) is 5.09. The summed E-state index contributed by atoms with van der Waals surface area (Å²) in [6, 6.07) is 13.0. The summed E-state index contributed by atoms with van der Waals surface area (Å²) < 4.78 is 5.35. The average molecular weight is 392 g/mol. The summed E-state index contributed by atoms with van der Waals surface area (Å²) in [4.78, 5) is 30.6. The highest BCUT2D eigenvalue weighted by atomic mass is 16.5. The van der Waals surface area contributed by atoms with Crippen LogP contribution in [0, 0.1) is 6.92 Å². The number of hydroxylamine groups is 1. The van der Waals surface area contributed by atoms with Crippen LogP contribution in [0.25, 0.3) is 11.3 Å². The first kappa shape index (κ1) is 18.8. The Bertz CT molecular complexity index is 1060. The monoisotopic (exact) mass is 392 g/mol. The number of fused-ring (bicyclic) bond motifs is 1. The van der Waals surface area contributed by atoms with Gasteiger partial charge in [0.2, 0.25) is 5.91 Å². The fraction of sp³-hybridized carbons (Fsp3) is 0.238. The Morgan fingerprint density at radius 1 is 1.21 bits per heavy atom. The van der Waals surface area contributed by atoms with E-state index in [-0.39, 0.29) is 18.0 Å². The zero-order valence-corrected chi connectivity index (χ0v) is 15.9. The van der Waals surface area contributed by atoms with Crippen molar-refractivity contribution in [2.24, 2.45) is 0 Å². The van der Waals surface area contributed by atoms with Crippen molar-refractivity contribution in [3.8, 4) is 11.3 Å². The fourth-order valence-corrected chi connectivity index (χ4v) is 3.50. The number of carbonyl (C=O) groups excluding carboxylic acids is 2. The molecule has 0 aliphatic carbocycles. The molecule has 8 nitrogen and oxygen atoms in total. The molecular formula is C21H20N4O4. The Kier molecular flexibility index (Phi) is 5.09. The summed E-state index contributed by atoms with van der Waals surface area (Å²) in [7, 11) is 0. The van der Waals surface area contributed by atoms with Crippen LogP contribution < -0.4 is 5.48 Å². The van der Waals surface area contributed by atoms with Crippen LogP contribution in [-0.4, -0.2) is 38.6 Å². The van der Waals surface area contributed by atoms with E-state index >= 15 is 0 Å². The number of benzene rings is 1. The number of nitrogens with zero attached hydrogens (tertiary/aromatic N) is 3. The van der Waals surface area contributed by atoms with E-state index in [2.05, 4.69) is 10.1 Å². The smallest absolute Gasteiger partial charge is 0.293 e. The lowest BCUT2D eigenvalue weighted by Crippen LogP contribution is -2.37. The van der Waals surface area contributed by atoms with Crippen LogP contribution in [0.2, 0.25) is 0 Å². The van der Waals surface area contributed by atoms with Crippen LogP contribution in [0.4, 0.5) is 0 Å². The van der Waals surface area contributed by atoms with Gasteiger partial charge < -0.3 is 9.42 Å². The molecule has 0 unspecified atom stereocenters. The number of amides is 2. The quantitative estimate of drug-likeness (QED) is 0.521. The lowest BCUT2D eigenvalue weighted by Gasteiger charge is -2.28. The maximum absolute atomic E-state index is 13.0. The van der Waals surface area contributed by atoms with E-state index in [4.69, 9.17) is 9.73 Å². The van der Waals surface area contributed by atoms with Gasteiger partial charge in [-0.1, -0.05) is 41.6 Å². The minimum Gasteiger partial charge on any atom is -0.361 e. The molecule has 0 saturated heterocycles. The van der Waals surface area contributed by atoms with E-state index in [1.165, 1.54) is 6.07 Å². The Hall–Kier alpha value is -3.52. The average Bonchev–Trinajstić information content (AvgIpc) is 3.13. The number of rotatable bonds is 4. The Balaban J connectivity index is 1.51. The predicted octanol–water partition coefficient (Wildman–Crippen LogP) is 2.29. The van der Waals surface area contributed by atoms with E-state index in [1.807, 2.05) is 37.3 Å². The zero-order chi connectivity index (χ0) is 20.4. The van der Waals surface area contributed by atoms with E-state index in [0.29, 0.717) is 31.0 Å². The molecule has 4 rings (SSSR count). The zero-order valence-electron chi connectivity index (χ0n) is 15.9. The summed E-state index contributed by atoms with van der Waals surface area (Å²) in [5, 5.41) is 12.9. The standard InChI is InChI=1S/C21H20N4O4/c1-13-16(20(24-29-13)14-5-3-2-4-6-14)11-19(26)25-10-9-17-15(12-25)7-8-18(22-17)21(27)23-28/h2-8,28H,9-12H2,1H3,(H,23,27). The SMILES string of the molecule is Cc1onc(-c2ccccc2)c1CC(=O)N1CCc2nc(C(=O)NO)ccc2C1. The number of pyridine rings is 1. The highest BCUT2D eigenvalue weighted by Gasteiger charge is 2.25. The van der Waals surface area contributed by atoms with Crippen molar-refractivity contribution in [2.45, 2.75) is 26.3 Å². The lowest BCUT2D eigenvalue weighted by atomic mass is 10.0. The van der Waals surface area contributed by atoms with E-state index in [9.17, 15) is 9.59 Å². The molecular weight excluding hydrogens is 372 g/mol. The molecule has 3 aromatic rings. The molecule has 2 aromatic heterocycles. The fourth-order valence-electron chi connectivity index (χ4n) is 3.50. The summed E-state index contributed by atoms with van der Waals surface area (Å²) in [5.41, 5.74) is 5.79. The molecule has 0 saturated carbocycles. The minimum atomic E-state index is -0.650. The maximum atomic E-state index is 13.0. The summed E-state index contributed by atoms with van der Waals surface area (Å²) in [6.07, 6.45) is 0.745. The molecule has 1 aliphatic rings. The molecule has 1 aromatic carbocycles. The second kappa shape index (κ2) is 7.84. The number of aryl methyl sites for hydroxylation is 1. The third-order valence-corrected chi connectivity index (χ3v) is 5.09. The summed E-state index contributed by atoms with van der Waals surface area (Å²) >= 11 is 0. The maximum Gasteiger partial charge on any atom is 0.293 e. The van der Waals surface area contributed by atoms with Crippen LogP contribution in [0.5, 0.6) is 0 Å². The van der Waals surface area contributed by atoms with Gasteiger partial charge >= 0.3 is 0 Å². The normalized spacial score (nSPS) is 13.1. The lowest BCUT2D eigenvalue weighted by molar-refractivity contribution is -0.131. The molecule has 2 amide bonds. The van der Waals surface area contributed by atoms with Gasteiger partial charge in [0.1, 0.15) is 17.1 Å². The molecule has 8 heteroatoms. The summed E-state index contributed by atoms with van der Waals surface area (Å²) in [5.74, 6) is -0.0325. The van der Waals surface area contributed by atoms with Gasteiger partial charge in [0.15, 0.2) is 0 Å². The Labute approximate surface area is 167 Å². The molecule has 3 heterocycles. The first-order valence-corrected chi connectivity index (χ1v) is 9.28. The van der Waals surface area contributed by atoms with Crippen molar-refractivity contribution in [1.29, 1.82) is 0 Å². The molecule has 0 fully saturated rings. The van der Waals surface area contributed by atoms with E-state index < -0.39 is 5.91 Å². The molecule has 0 bridgehead atoms. The van der Waals surface area contributed by atoms with E-state index in [1.54, 1.807) is 16.4 Å². The first-order valence-electron chi connectivity index (χ1n) is 9.28. The highest BCUT2D eigenvalue weighted by Crippen LogP contribution is 2.27. The van der Waals surface area contributed by atoms with Crippen LogP contribution >= 0.6 is 0 Å². The molecule has 148 valence electrons. The largest absolute Gasteiger partial charge is 0.361 e. The second-order valence-electron chi connectivity index (χ2n) is 6.92. The molecule has 0 atom stereocenters. The van der Waals surface area contributed by atoms with Crippen molar-refractivity contribution in [1.82, 2.24) is 20.5 Å². The van der Waals surface area contributed by atoms with Crippen molar-refractivity contribution in [3.63, 3.8) is 0 Å². The highest BCUT2D eigenvalue weighted by molar-refractivity contribution is 5.91. The summed E-state index contributed by atoms with van der Waals surface area (Å²) in [6.45, 7) is 2.74. The van der Waals surface area contributed by atoms with Crippen LogP contribution in [0.3, 0.4) is 0 Å². The van der Waals surface area contributed by atoms with Gasteiger partial charge in [-0.25, -0.2) is 10.5 Å². The number of hydrogen-bond donors (Lipinski definition) is 2. The van der Waals surface area contributed by atoms with Crippen molar-refractivity contribution < 1.29 is 19.3 Å². The van der Waals surface area contributed by atoms with Crippen LogP contribution in [0.15, 0.2) is 47.0 Å². The predicted molar refractivity (Wildman–Crippen MR) is 103 cm³/mol. The minimum absolute atomic E-state index is 0.0173. The van der Waals surface area contributed by atoms with Gasteiger partial charge in [0, 0.05) is 36.3 Å². The van der Waals surface area contributed by atoms with Gasteiger partial charge in [-0.05, 0) is 18.6 Å². The molecule has 0 radical (unpaired) electrons. The van der Waals surface area contributed by atoms with E-state index in [0.717, 1.165) is 22.4 Å². The van der Waals surface area contributed by atoms with Gasteiger partial charge in [0.05, 0.1) is 6.42 Å². The number of hydrogen-bond acceptors (Lipinski definition) is 6. The van der Waals surface area contributed by atoms with Gasteiger partial charge in [-0.3, -0.25) is 14.8 Å². The van der Waals surface area contributed by atoms with Gasteiger partial charge in [0.25, 0.3) is 5.91 Å². The molecule has 0 spiro atoms. The second-order valence-corrected chi connectivity index (χ2v) is 6.92. The van der Waals surface area contributed by atoms with Gasteiger partial charge in [-0.2, -0.15) is 0 Å². The molecule has 2 N–H and O–H groups in total. The number of nitrogens with one attached hydrogen (secondary N) is 1. The van der Waals surface area contributed by atoms with Crippen LogP contribution in [0.1, 0.15) is 33.1 Å². The van der Waals surface area contributed by atoms with Crippen molar-refractivity contribution in [2.75, 3.05) is 6.54 Å². The Morgan fingerprint density at radius 3 is 2.76 bits per heavy atom. The third kappa shape index (κ3) is 3.74. The number of carbonyl (C=O) groups is 2.